The van der Waals surface area contributed by atoms with E-state index in [1.165, 1.54) is 5.01 Å². The summed E-state index contributed by atoms with van der Waals surface area (Å²) in [5.41, 5.74) is 2.01. The van der Waals surface area contributed by atoms with Gasteiger partial charge >= 0.3 is 5.97 Å². The zero-order valence-corrected chi connectivity index (χ0v) is 12.2. The highest BCUT2D eigenvalue weighted by Crippen LogP contribution is 2.29. The Bertz CT molecular complexity index is 557. The van der Waals surface area contributed by atoms with Crippen LogP contribution in [-0.2, 0) is 9.53 Å². The molecule has 2 rings (SSSR count). The van der Waals surface area contributed by atoms with Crippen LogP contribution in [0.3, 0.4) is 0 Å². The Morgan fingerprint density at radius 3 is 2.70 bits per heavy atom. The second-order valence-corrected chi connectivity index (χ2v) is 4.77. The van der Waals surface area contributed by atoms with Crippen LogP contribution in [0.4, 0.5) is 0 Å². The summed E-state index contributed by atoms with van der Waals surface area (Å²) in [5.74, 6) is 5.47. The summed E-state index contributed by atoms with van der Waals surface area (Å²) < 4.78 is 5.12. The van der Waals surface area contributed by atoms with Crippen LogP contribution < -0.4 is 11.2 Å². The monoisotopic (exact) mass is 291 g/mol. The predicted octanol–water partition coefficient (Wildman–Crippen LogP) is 1.63. The smallest absolute Gasteiger partial charge is 0.338 e. The quantitative estimate of drug-likeness (QED) is 0.501. The summed E-state index contributed by atoms with van der Waals surface area (Å²) in [4.78, 5) is 12.2. The average Bonchev–Trinajstić information content (AvgIpc) is 2.45. The molecule has 106 valence electrons. The van der Waals surface area contributed by atoms with Gasteiger partial charge in [-0.25, -0.2) is 10.6 Å². The number of allylic oxidation sites excluding steroid dienone is 1. The van der Waals surface area contributed by atoms with Crippen LogP contribution in [-0.4, -0.2) is 22.7 Å². The van der Waals surface area contributed by atoms with Crippen molar-refractivity contribution in [3.63, 3.8) is 0 Å². The molecule has 1 atom stereocenters. The van der Waals surface area contributed by atoms with Crippen LogP contribution in [0, 0.1) is 0 Å². The van der Waals surface area contributed by atoms with E-state index < -0.39 is 0 Å². The molecule has 1 aromatic carbocycles. The number of rotatable bonds is 3. The van der Waals surface area contributed by atoms with Gasteiger partial charge in [-0.2, -0.15) is 0 Å². The van der Waals surface area contributed by atoms with Crippen molar-refractivity contribution < 1.29 is 9.53 Å². The molecular formula is C14H17N3O2S. The highest BCUT2D eigenvalue weighted by molar-refractivity contribution is 7.80. The topological polar surface area (TPSA) is 67.6 Å². The molecule has 5 nitrogen and oxygen atoms in total. The summed E-state index contributed by atoms with van der Waals surface area (Å²) in [6.07, 6.45) is 0. The number of thiocarbonyl (C=S) groups is 1. The zero-order valence-electron chi connectivity index (χ0n) is 11.4. The number of carbonyl (C=O) groups is 1. The van der Waals surface area contributed by atoms with Crippen LogP contribution in [0.2, 0.25) is 0 Å². The first kappa shape index (κ1) is 14.5. The molecule has 0 bridgehead atoms. The molecule has 0 saturated carbocycles. The second kappa shape index (κ2) is 6.02. The minimum atomic E-state index is -0.385. The van der Waals surface area contributed by atoms with Gasteiger partial charge in [0.15, 0.2) is 5.11 Å². The lowest BCUT2D eigenvalue weighted by molar-refractivity contribution is -0.139. The number of esters is 1. The third kappa shape index (κ3) is 2.66. The molecule has 1 aromatic rings. The van der Waals surface area contributed by atoms with Crippen molar-refractivity contribution in [3.8, 4) is 0 Å². The molecule has 0 radical (unpaired) electrons. The molecule has 0 saturated heterocycles. The van der Waals surface area contributed by atoms with Gasteiger partial charge in [-0.3, -0.25) is 5.01 Å². The van der Waals surface area contributed by atoms with Crippen molar-refractivity contribution in [2.24, 2.45) is 5.84 Å². The normalized spacial score (nSPS) is 18.9. The summed E-state index contributed by atoms with van der Waals surface area (Å²) in [6.45, 7) is 3.84. The molecule has 6 heteroatoms. The van der Waals surface area contributed by atoms with Gasteiger partial charge in [0.2, 0.25) is 0 Å². The Kier molecular flexibility index (Phi) is 4.36. The van der Waals surface area contributed by atoms with Crippen LogP contribution in [0.1, 0.15) is 25.5 Å². The minimum Gasteiger partial charge on any atom is -0.463 e. The highest BCUT2D eigenvalue weighted by atomic mass is 32.1. The van der Waals surface area contributed by atoms with Gasteiger partial charge in [-0.1, -0.05) is 30.3 Å². The first-order chi connectivity index (χ1) is 9.56. The number of nitrogens with zero attached hydrogens (tertiary/aromatic N) is 1. The lowest BCUT2D eigenvalue weighted by Gasteiger charge is -2.34. The van der Waals surface area contributed by atoms with Gasteiger partial charge in [0, 0.05) is 5.70 Å². The fraction of sp³-hybridized carbons (Fsp3) is 0.286. The van der Waals surface area contributed by atoms with Crippen LogP contribution in [0.25, 0.3) is 0 Å². The summed E-state index contributed by atoms with van der Waals surface area (Å²) in [6, 6.07) is 9.25. The summed E-state index contributed by atoms with van der Waals surface area (Å²) >= 11 is 5.19. The van der Waals surface area contributed by atoms with E-state index in [1.54, 1.807) is 13.8 Å². The van der Waals surface area contributed by atoms with Crippen LogP contribution in [0.15, 0.2) is 41.6 Å². The van der Waals surface area contributed by atoms with Gasteiger partial charge in [0.05, 0.1) is 18.2 Å². The number of hydrazine groups is 1. The van der Waals surface area contributed by atoms with Gasteiger partial charge in [-0.05, 0) is 31.6 Å². The van der Waals surface area contributed by atoms with E-state index in [9.17, 15) is 4.79 Å². The molecule has 1 aliphatic heterocycles. The average molecular weight is 291 g/mol. The minimum absolute atomic E-state index is 0.312. The van der Waals surface area contributed by atoms with Crippen LogP contribution in [0.5, 0.6) is 0 Å². The van der Waals surface area contributed by atoms with Gasteiger partial charge in [0.1, 0.15) is 0 Å². The first-order valence-corrected chi connectivity index (χ1v) is 6.75. The number of hydrogen-bond acceptors (Lipinski definition) is 4. The molecule has 0 amide bonds. The number of nitrogens with one attached hydrogen (secondary N) is 1. The summed E-state index contributed by atoms with van der Waals surface area (Å²) in [5, 5.41) is 4.75. The maximum atomic E-state index is 12.2. The van der Waals surface area contributed by atoms with E-state index in [0.717, 1.165) is 5.56 Å². The first-order valence-electron chi connectivity index (χ1n) is 6.34. The van der Waals surface area contributed by atoms with Crippen molar-refractivity contribution in [2.45, 2.75) is 19.9 Å². The van der Waals surface area contributed by atoms with E-state index in [2.05, 4.69) is 5.32 Å². The predicted molar refractivity (Wildman–Crippen MR) is 80.3 cm³/mol. The van der Waals surface area contributed by atoms with E-state index >= 15 is 0 Å². The summed E-state index contributed by atoms with van der Waals surface area (Å²) in [7, 11) is 0. The molecule has 1 aliphatic rings. The maximum Gasteiger partial charge on any atom is 0.338 e. The number of nitrogens with two attached hydrogens (primary N) is 1. The Morgan fingerprint density at radius 2 is 2.10 bits per heavy atom. The lowest BCUT2D eigenvalue weighted by Crippen LogP contribution is -2.50. The Hall–Kier alpha value is -1.92. The van der Waals surface area contributed by atoms with Crippen LogP contribution >= 0.6 is 12.2 Å². The fourth-order valence-electron chi connectivity index (χ4n) is 2.13. The number of benzene rings is 1. The standard InChI is InChI=1S/C14H17N3O2S/c1-3-19-13(18)11-9(2)17(15)14(20)16-12(11)10-7-5-4-6-8-10/h4-8,12H,3,15H2,1-2H3,(H,16,20)/t12-/m0/s1. The number of carbonyl (C=O) groups excluding carboxylic acids is 1. The van der Waals surface area contributed by atoms with Crippen molar-refractivity contribution in [2.75, 3.05) is 6.61 Å². The molecule has 0 aromatic heterocycles. The zero-order chi connectivity index (χ0) is 14.7. The molecular weight excluding hydrogens is 274 g/mol. The molecule has 0 fully saturated rings. The molecule has 3 N–H and O–H groups in total. The Balaban J connectivity index is 2.48. The van der Waals surface area contributed by atoms with Gasteiger partial charge in [-0.15, -0.1) is 0 Å². The molecule has 0 spiro atoms. The highest BCUT2D eigenvalue weighted by Gasteiger charge is 2.33. The third-order valence-corrected chi connectivity index (χ3v) is 3.47. The van der Waals surface area contributed by atoms with E-state index in [-0.39, 0.29) is 12.0 Å². The van der Waals surface area contributed by atoms with E-state index in [0.29, 0.717) is 23.0 Å². The molecule has 0 unspecified atom stereocenters. The maximum absolute atomic E-state index is 12.2. The van der Waals surface area contributed by atoms with E-state index in [1.807, 2.05) is 30.3 Å². The molecule has 1 heterocycles. The SMILES string of the molecule is CCOC(=O)C1=C(C)N(N)C(=S)N[C@H]1c1ccccc1. The van der Waals surface area contributed by atoms with Crippen molar-refractivity contribution >= 4 is 23.3 Å². The Labute approximate surface area is 123 Å². The number of hydrogen-bond donors (Lipinski definition) is 2. The van der Waals surface area contributed by atoms with Crippen molar-refractivity contribution in [1.82, 2.24) is 10.3 Å². The number of ether oxygens (including phenoxy) is 1. The van der Waals surface area contributed by atoms with E-state index in [4.69, 9.17) is 22.8 Å². The largest absolute Gasteiger partial charge is 0.463 e. The van der Waals surface area contributed by atoms with Gasteiger partial charge in [0.25, 0.3) is 0 Å². The molecule has 0 aliphatic carbocycles. The fourth-order valence-corrected chi connectivity index (χ4v) is 2.38. The second-order valence-electron chi connectivity index (χ2n) is 4.38. The Morgan fingerprint density at radius 1 is 1.45 bits per heavy atom. The third-order valence-electron chi connectivity index (χ3n) is 3.15. The van der Waals surface area contributed by atoms with Gasteiger partial charge < -0.3 is 10.1 Å². The van der Waals surface area contributed by atoms with Crippen molar-refractivity contribution in [3.05, 3.63) is 47.2 Å². The van der Waals surface area contributed by atoms with Crippen molar-refractivity contribution in [1.29, 1.82) is 0 Å². The molecule has 20 heavy (non-hydrogen) atoms. The lowest BCUT2D eigenvalue weighted by atomic mass is 9.95.